The van der Waals surface area contributed by atoms with E-state index in [1.54, 1.807) is 41.5 Å². The fourth-order valence-corrected chi connectivity index (χ4v) is 8.70. The molecular formula is C41H71BrF12O13S4. The van der Waals surface area contributed by atoms with E-state index in [0.717, 1.165) is 39.5 Å². The maximum absolute atomic E-state index is 11.9. The maximum atomic E-state index is 11.9. The molecule has 0 spiro atoms. The minimum atomic E-state index is -4.43. The van der Waals surface area contributed by atoms with Gasteiger partial charge in [-0.2, -0.15) is 52.7 Å². The molecule has 1 N–H and O–H groups in total. The summed E-state index contributed by atoms with van der Waals surface area (Å²) in [5, 5.41) is 8.98. The molecule has 0 unspecified atom stereocenters. The van der Waals surface area contributed by atoms with Gasteiger partial charge in [0.15, 0.2) is 34.3 Å². The molecule has 0 saturated heterocycles. The number of sulfone groups is 2. The zero-order valence-corrected chi connectivity index (χ0v) is 45.9. The first-order valence-electron chi connectivity index (χ1n) is 20.8. The van der Waals surface area contributed by atoms with E-state index in [0.29, 0.717) is 17.7 Å². The highest BCUT2D eigenvalue weighted by atomic mass is 79.9. The lowest BCUT2D eigenvalue weighted by Crippen LogP contribution is -2.43. The van der Waals surface area contributed by atoms with Crippen molar-refractivity contribution in [1.29, 1.82) is 0 Å². The van der Waals surface area contributed by atoms with Crippen molar-refractivity contribution in [2.45, 2.75) is 186 Å². The van der Waals surface area contributed by atoms with E-state index < -0.39 is 125 Å². The van der Waals surface area contributed by atoms with Crippen molar-refractivity contribution in [2.75, 3.05) is 42.4 Å². The molecule has 0 aromatic heterocycles. The second-order valence-electron chi connectivity index (χ2n) is 16.2. The molecule has 0 saturated carbocycles. The van der Waals surface area contributed by atoms with Crippen molar-refractivity contribution >= 4 is 88.1 Å². The summed E-state index contributed by atoms with van der Waals surface area (Å²) >= 11 is 5.09. The van der Waals surface area contributed by atoms with Crippen LogP contribution in [0.2, 0.25) is 0 Å². The number of thioether (sulfide) groups is 2. The summed E-state index contributed by atoms with van der Waals surface area (Å²) in [5.74, 6) is -4.43. The first-order chi connectivity index (χ1) is 31.0. The van der Waals surface area contributed by atoms with Crippen molar-refractivity contribution < 1.29 is 113 Å². The lowest BCUT2D eigenvalue weighted by molar-refractivity contribution is -0.146. The molecule has 0 aromatic rings. The number of aliphatic carboxylic acids is 1. The second kappa shape index (κ2) is 35.1. The molecular weight excluding hydrogens is 1140 g/mol. The number of halogens is 13. The lowest BCUT2D eigenvalue weighted by atomic mass is 10.2. The van der Waals surface area contributed by atoms with Crippen LogP contribution in [0, 0.1) is 0 Å². The van der Waals surface area contributed by atoms with Crippen LogP contribution in [0.25, 0.3) is 0 Å². The molecule has 0 amide bonds. The molecule has 0 aromatic carbocycles. The number of hydrogen-bond acceptors (Lipinski definition) is 14. The quantitative estimate of drug-likeness (QED) is 0.0352. The molecule has 428 valence electrons. The second-order valence-corrected chi connectivity index (χ2v) is 25.8. The monoisotopic (exact) mass is 1210 g/mol. The fourth-order valence-electron chi connectivity index (χ4n) is 3.94. The normalized spacial score (nSPS) is 12.6. The third kappa shape index (κ3) is 41.8. The minimum absolute atomic E-state index is 0. The first-order valence-corrected chi connectivity index (χ1v) is 27.1. The number of hydrogen-bond donors (Lipinski definition) is 1. The van der Waals surface area contributed by atoms with E-state index >= 15 is 0 Å². The Bertz CT molecular complexity index is 1780. The number of ether oxygens (including phenoxy) is 3. The summed E-state index contributed by atoms with van der Waals surface area (Å²) < 4.78 is 196. The number of carboxylic acids is 1. The van der Waals surface area contributed by atoms with Crippen LogP contribution < -0.4 is 0 Å². The van der Waals surface area contributed by atoms with Crippen LogP contribution >= 0.6 is 39.5 Å². The molecule has 13 nitrogen and oxygen atoms in total. The van der Waals surface area contributed by atoms with Gasteiger partial charge in [-0.25, -0.2) is 16.8 Å². The lowest BCUT2D eigenvalue weighted by Gasteiger charge is -2.22. The highest BCUT2D eigenvalue weighted by Gasteiger charge is 2.44. The first kappa shape index (κ1) is 80.2. The summed E-state index contributed by atoms with van der Waals surface area (Å²) in [5.41, 5.74) is 0. The van der Waals surface area contributed by atoms with Gasteiger partial charge >= 0.3 is 48.6 Å². The van der Waals surface area contributed by atoms with Crippen molar-refractivity contribution in [3.63, 3.8) is 0 Å². The number of carbonyl (C=O) groups is 5. The SMILES string of the molecule is C.CC(C)(C(=O)O)S(=O)(=O)CCCC(F)(F)F.CCOC(=O)C(C)(C)S(=O)(=O)CCCC(F)(F)F.CCOC(=O)C(C)(C)SC(C)=O.CCOC(=O)C(C)(C)SCCCC(F)(F)F.FC(F)(F)CCCBr. The molecule has 0 rings (SSSR count). The molecule has 0 aliphatic rings. The Morgan fingerprint density at radius 1 is 0.507 bits per heavy atom. The van der Waals surface area contributed by atoms with E-state index in [4.69, 9.17) is 14.6 Å². The molecule has 0 heterocycles. The molecule has 71 heavy (non-hydrogen) atoms. The van der Waals surface area contributed by atoms with Gasteiger partial charge in [-0.15, -0.1) is 11.8 Å². The van der Waals surface area contributed by atoms with Crippen LogP contribution in [0.3, 0.4) is 0 Å². The van der Waals surface area contributed by atoms with Crippen LogP contribution in [0.15, 0.2) is 0 Å². The standard InChI is InChI=1S/C10H17F3O4S.C10H17F3O2S.C8H13F3O4S.C8H14O3S.C4H6BrF3.CH4/c1-4-17-8(14)9(2,3)18(15,16)7-5-6-10(11,12)13;1-4-15-8(14)9(2,3)16-7-5-6-10(11,12)13;1-7(2,6(12)13)16(14,15)5-3-4-8(9,10)11;1-5-11-7(10)8(3,4)12-6(2)9;5-3-1-2-4(6,7)8;/h4-7H2,1-3H3;4-7H2,1-3H3;3-5H2,1-2H3,(H,12,13);5H2,1-4H3;1-3H2;1H4. The van der Waals surface area contributed by atoms with Gasteiger partial charge in [0.2, 0.25) is 0 Å². The van der Waals surface area contributed by atoms with E-state index in [2.05, 4.69) is 20.7 Å². The van der Waals surface area contributed by atoms with Gasteiger partial charge in [-0.3, -0.25) is 24.0 Å². The Balaban J connectivity index is -0.000000189. The largest absolute Gasteiger partial charge is 0.480 e. The van der Waals surface area contributed by atoms with Gasteiger partial charge < -0.3 is 19.3 Å². The number of carboxylic acid groups (broad SMARTS) is 1. The molecule has 30 heteroatoms. The highest BCUT2D eigenvalue weighted by Crippen LogP contribution is 2.31. The third-order valence-electron chi connectivity index (χ3n) is 8.18. The van der Waals surface area contributed by atoms with Gasteiger partial charge in [0.05, 0.1) is 31.3 Å². The maximum Gasteiger partial charge on any atom is 0.389 e. The van der Waals surface area contributed by atoms with Gasteiger partial charge in [-0.05, 0) is 108 Å². The van der Waals surface area contributed by atoms with Crippen molar-refractivity contribution in [1.82, 2.24) is 0 Å². The van der Waals surface area contributed by atoms with Crippen molar-refractivity contribution in [3.8, 4) is 0 Å². The average molecular weight is 1210 g/mol. The number of esters is 3. The highest BCUT2D eigenvalue weighted by molar-refractivity contribution is 9.09. The fraction of sp³-hybridized carbons (Fsp3) is 0.878. The van der Waals surface area contributed by atoms with Crippen molar-refractivity contribution in [3.05, 3.63) is 0 Å². The van der Waals surface area contributed by atoms with Crippen LogP contribution in [-0.2, 0) is 57.9 Å². The van der Waals surface area contributed by atoms with E-state index in [9.17, 15) is 93.5 Å². The van der Waals surface area contributed by atoms with Crippen LogP contribution in [0.1, 0.15) is 142 Å². The molecule has 0 radical (unpaired) electrons. The van der Waals surface area contributed by atoms with Crippen LogP contribution in [0.5, 0.6) is 0 Å². The Kier molecular flexibility index (Phi) is 39.7. The Morgan fingerprint density at radius 3 is 1.08 bits per heavy atom. The molecule has 0 atom stereocenters. The Labute approximate surface area is 427 Å². The third-order valence-corrected chi connectivity index (χ3v) is 16.2. The zero-order chi connectivity index (χ0) is 57.0. The predicted octanol–water partition coefficient (Wildman–Crippen LogP) is 12.1. The molecule has 0 aliphatic heterocycles. The summed E-state index contributed by atoms with van der Waals surface area (Å²) in [7, 11) is -8.06. The van der Waals surface area contributed by atoms with Gasteiger partial charge in [0.25, 0.3) is 0 Å². The Hall–Kier alpha value is -2.21. The number of carbonyl (C=O) groups excluding carboxylic acids is 4. The summed E-state index contributed by atoms with van der Waals surface area (Å²) in [6, 6.07) is 0. The summed E-state index contributed by atoms with van der Waals surface area (Å²) in [4.78, 5) is 55.4. The van der Waals surface area contributed by atoms with Crippen molar-refractivity contribution in [2.24, 2.45) is 0 Å². The van der Waals surface area contributed by atoms with E-state index in [1.807, 2.05) is 0 Å². The molecule has 0 aliphatic carbocycles. The predicted molar refractivity (Wildman–Crippen MR) is 254 cm³/mol. The number of alkyl halides is 13. The van der Waals surface area contributed by atoms with Crippen LogP contribution in [-0.4, -0.2) is 137 Å². The van der Waals surface area contributed by atoms with Gasteiger partial charge in [0.1, 0.15) is 9.49 Å². The van der Waals surface area contributed by atoms with Gasteiger partial charge in [-0.1, -0.05) is 35.1 Å². The smallest absolute Gasteiger partial charge is 0.389 e. The molecule has 0 bridgehead atoms. The summed E-state index contributed by atoms with van der Waals surface area (Å²) in [6.45, 7) is 17.9. The van der Waals surface area contributed by atoms with Crippen LogP contribution in [0.4, 0.5) is 52.7 Å². The average Bonchev–Trinajstić information content (AvgIpc) is 3.14. The minimum Gasteiger partial charge on any atom is -0.480 e. The topological polar surface area (TPSA) is 202 Å². The van der Waals surface area contributed by atoms with E-state index in [-0.39, 0.29) is 50.5 Å². The molecule has 0 fully saturated rings. The summed E-state index contributed by atoms with van der Waals surface area (Å²) in [6.07, 6.45) is -21.8. The Morgan fingerprint density at radius 2 is 0.803 bits per heavy atom. The zero-order valence-electron chi connectivity index (χ0n) is 41.0. The number of rotatable bonds is 22. The van der Waals surface area contributed by atoms with Gasteiger partial charge in [0, 0.05) is 37.9 Å². The van der Waals surface area contributed by atoms with E-state index in [1.165, 1.54) is 25.6 Å².